The molecule has 0 aliphatic carbocycles. The summed E-state index contributed by atoms with van der Waals surface area (Å²) in [5, 5.41) is 0. The van der Waals surface area contributed by atoms with E-state index in [1.807, 2.05) is 0 Å². The number of hydrogen-bond acceptors (Lipinski definition) is 1. The van der Waals surface area contributed by atoms with Crippen LogP contribution in [0, 0.1) is 0 Å². The second kappa shape index (κ2) is 1.69. The fraction of sp³-hybridized carbons (Fsp3) is 0.200. The van der Waals surface area contributed by atoms with Crippen molar-refractivity contribution in [1.29, 1.82) is 0 Å². The molecule has 0 aromatic heterocycles. The van der Waals surface area contributed by atoms with Crippen molar-refractivity contribution in [2.24, 2.45) is 0 Å². The van der Waals surface area contributed by atoms with Crippen LogP contribution in [0.5, 0.6) is 0 Å². The van der Waals surface area contributed by atoms with Crippen LogP contribution < -0.4 is 5.73 Å². The number of hydrogen-bond donors (Lipinski definition) is 0. The highest BCUT2D eigenvalue weighted by Crippen LogP contribution is 1.95. The molecule has 0 spiro atoms. The van der Waals surface area contributed by atoms with Gasteiger partial charge in [0.1, 0.15) is 6.61 Å². The predicted octanol–water partition coefficient (Wildman–Crippen LogP) is 0.697. The van der Waals surface area contributed by atoms with E-state index in [1.165, 1.54) is 6.26 Å². The predicted molar refractivity (Wildman–Crippen MR) is 26.3 cm³/mol. The Morgan fingerprint density at radius 1 is 1.71 bits per heavy atom. The maximum absolute atomic E-state index is 6.97. The average molecular weight is 96.1 g/mol. The molecular weight excluding hydrogens is 90.1 g/mol. The third kappa shape index (κ3) is 0.961. The van der Waals surface area contributed by atoms with Gasteiger partial charge in [-0.05, 0) is 12.2 Å². The van der Waals surface area contributed by atoms with E-state index >= 15 is 0 Å². The molecule has 0 atom stereocenters. The maximum atomic E-state index is 6.97. The molecule has 0 unspecified atom stereocenters. The van der Waals surface area contributed by atoms with Crippen molar-refractivity contribution in [1.82, 2.24) is 5.73 Å². The van der Waals surface area contributed by atoms with Crippen LogP contribution in [0.1, 0.15) is 0 Å². The average Bonchev–Trinajstić information content (AvgIpc) is 1.69. The Balaban J connectivity index is 2.58. The van der Waals surface area contributed by atoms with Crippen molar-refractivity contribution in [3.8, 4) is 0 Å². The van der Waals surface area contributed by atoms with E-state index in [1.54, 1.807) is 12.2 Å². The van der Waals surface area contributed by atoms with Gasteiger partial charge in [-0.1, -0.05) is 0 Å². The SMILES string of the molecule is [NH]C1=CCOC=C1. The molecule has 37 valence electrons. The molecule has 0 amide bonds. The minimum absolute atomic E-state index is 0.534. The Labute approximate surface area is 42.3 Å². The molecule has 1 aliphatic rings. The lowest BCUT2D eigenvalue weighted by Crippen LogP contribution is -1.91. The molecule has 0 aromatic carbocycles. The fourth-order valence-electron chi connectivity index (χ4n) is 0.383. The van der Waals surface area contributed by atoms with Gasteiger partial charge < -0.3 is 10.5 Å². The van der Waals surface area contributed by atoms with Crippen LogP contribution in [0.25, 0.3) is 0 Å². The topological polar surface area (TPSA) is 33.0 Å². The Bertz CT molecular complexity index is 115. The summed E-state index contributed by atoms with van der Waals surface area (Å²) in [7, 11) is 0. The summed E-state index contributed by atoms with van der Waals surface area (Å²) in [5.74, 6) is 0. The summed E-state index contributed by atoms with van der Waals surface area (Å²) in [5.41, 5.74) is 7.50. The molecule has 2 heteroatoms. The molecule has 1 N–H and O–H groups in total. The quantitative estimate of drug-likeness (QED) is 0.437. The van der Waals surface area contributed by atoms with Gasteiger partial charge in [0, 0.05) is 0 Å². The second-order valence-electron chi connectivity index (χ2n) is 1.30. The monoisotopic (exact) mass is 96.0 g/mol. The Morgan fingerprint density at radius 3 is 2.86 bits per heavy atom. The van der Waals surface area contributed by atoms with Crippen LogP contribution in [-0.2, 0) is 4.74 Å². The van der Waals surface area contributed by atoms with Crippen LogP contribution in [0.2, 0.25) is 0 Å². The van der Waals surface area contributed by atoms with Crippen LogP contribution in [0.3, 0.4) is 0 Å². The third-order valence-corrected chi connectivity index (χ3v) is 0.743. The highest BCUT2D eigenvalue weighted by molar-refractivity contribution is 5.14. The fourth-order valence-corrected chi connectivity index (χ4v) is 0.383. The van der Waals surface area contributed by atoms with Crippen molar-refractivity contribution in [2.45, 2.75) is 0 Å². The molecule has 0 saturated carbocycles. The van der Waals surface area contributed by atoms with Gasteiger partial charge in [0.2, 0.25) is 0 Å². The van der Waals surface area contributed by atoms with Gasteiger partial charge in [-0.3, -0.25) is 0 Å². The standard InChI is InChI=1S/C5H6NO/c6-5-1-3-7-4-2-5/h1-3,6H,4H2. The molecule has 0 aromatic rings. The van der Waals surface area contributed by atoms with Crippen molar-refractivity contribution >= 4 is 0 Å². The summed E-state index contributed by atoms with van der Waals surface area (Å²) in [6, 6.07) is 0. The zero-order valence-electron chi connectivity index (χ0n) is 3.85. The van der Waals surface area contributed by atoms with Gasteiger partial charge in [-0.15, -0.1) is 0 Å². The minimum atomic E-state index is 0.534. The molecule has 0 fully saturated rings. The number of rotatable bonds is 0. The lowest BCUT2D eigenvalue weighted by Gasteiger charge is -1.99. The van der Waals surface area contributed by atoms with Crippen LogP contribution >= 0.6 is 0 Å². The lowest BCUT2D eigenvalue weighted by atomic mass is 10.4. The molecule has 0 saturated heterocycles. The van der Waals surface area contributed by atoms with Gasteiger partial charge >= 0.3 is 0 Å². The number of allylic oxidation sites excluding steroid dienone is 1. The van der Waals surface area contributed by atoms with Crippen LogP contribution in [-0.4, -0.2) is 6.61 Å². The summed E-state index contributed by atoms with van der Waals surface area (Å²) < 4.78 is 4.76. The first-order valence-corrected chi connectivity index (χ1v) is 2.09. The normalized spacial score (nSPS) is 18.0. The van der Waals surface area contributed by atoms with Crippen molar-refractivity contribution in [3.05, 3.63) is 24.1 Å². The van der Waals surface area contributed by atoms with Crippen molar-refractivity contribution < 1.29 is 4.74 Å². The lowest BCUT2D eigenvalue weighted by molar-refractivity contribution is 0.284. The summed E-state index contributed by atoms with van der Waals surface area (Å²) >= 11 is 0. The molecule has 1 rings (SSSR count). The molecule has 1 heterocycles. The molecule has 2 nitrogen and oxygen atoms in total. The molecule has 0 bridgehead atoms. The van der Waals surface area contributed by atoms with Gasteiger partial charge in [-0.25, -0.2) is 0 Å². The smallest absolute Gasteiger partial charge is 0.108 e. The highest BCUT2D eigenvalue weighted by Gasteiger charge is 1.87. The Kier molecular flexibility index (Phi) is 1.02. The minimum Gasteiger partial charge on any atom is -0.497 e. The van der Waals surface area contributed by atoms with Crippen LogP contribution in [0.15, 0.2) is 24.1 Å². The van der Waals surface area contributed by atoms with E-state index in [2.05, 4.69) is 0 Å². The first kappa shape index (κ1) is 4.24. The van der Waals surface area contributed by atoms with Gasteiger partial charge in [0.25, 0.3) is 0 Å². The van der Waals surface area contributed by atoms with Gasteiger partial charge in [0.05, 0.1) is 12.0 Å². The van der Waals surface area contributed by atoms with E-state index in [0.717, 1.165) is 0 Å². The van der Waals surface area contributed by atoms with Crippen molar-refractivity contribution in [3.63, 3.8) is 0 Å². The first-order valence-electron chi connectivity index (χ1n) is 2.09. The number of ether oxygens (including phenoxy) is 1. The van der Waals surface area contributed by atoms with Crippen molar-refractivity contribution in [2.75, 3.05) is 6.61 Å². The zero-order chi connectivity index (χ0) is 5.11. The number of nitrogens with one attached hydrogen (secondary N) is 1. The van der Waals surface area contributed by atoms with E-state index in [9.17, 15) is 0 Å². The molecule has 1 radical (unpaired) electrons. The highest BCUT2D eigenvalue weighted by atomic mass is 16.5. The first-order chi connectivity index (χ1) is 3.39. The third-order valence-electron chi connectivity index (χ3n) is 0.743. The van der Waals surface area contributed by atoms with E-state index in [0.29, 0.717) is 12.3 Å². The van der Waals surface area contributed by atoms with Gasteiger partial charge in [-0.2, -0.15) is 0 Å². The van der Waals surface area contributed by atoms with E-state index in [-0.39, 0.29) is 0 Å². The second-order valence-corrected chi connectivity index (χ2v) is 1.30. The molecule has 1 aliphatic heterocycles. The van der Waals surface area contributed by atoms with Crippen LogP contribution in [0.4, 0.5) is 0 Å². The van der Waals surface area contributed by atoms with Gasteiger partial charge in [0.15, 0.2) is 0 Å². The molecular formula is C5H6NO. The zero-order valence-corrected chi connectivity index (χ0v) is 3.85. The Morgan fingerprint density at radius 2 is 2.57 bits per heavy atom. The molecule has 7 heavy (non-hydrogen) atoms. The summed E-state index contributed by atoms with van der Waals surface area (Å²) in [6.07, 6.45) is 4.85. The van der Waals surface area contributed by atoms with E-state index in [4.69, 9.17) is 10.5 Å². The largest absolute Gasteiger partial charge is 0.497 e. The maximum Gasteiger partial charge on any atom is 0.108 e. The Hall–Kier alpha value is -0.920. The van der Waals surface area contributed by atoms with E-state index < -0.39 is 0 Å². The summed E-state index contributed by atoms with van der Waals surface area (Å²) in [4.78, 5) is 0. The summed E-state index contributed by atoms with van der Waals surface area (Å²) in [6.45, 7) is 0.551.